The molecule has 0 unspecified atom stereocenters. The third kappa shape index (κ3) is 3.39. The monoisotopic (exact) mass is 288 g/mol. The largest absolute Gasteiger partial charge is 0.332 e. The van der Waals surface area contributed by atoms with Gasteiger partial charge < -0.3 is 9.47 Å². The number of aromatic nitrogens is 3. The van der Waals surface area contributed by atoms with Gasteiger partial charge in [-0.25, -0.2) is 0 Å². The molecule has 2 rings (SSSR count). The number of carbonyl (C=O) groups excluding carboxylic acids is 1. The van der Waals surface area contributed by atoms with Crippen LogP contribution in [0.1, 0.15) is 29.8 Å². The van der Waals surface area contributed by atoms with E-state index in [9.17, 15) is 9.59 Å². The van der Waals surface area contributed by atoms with Crippen molar-refractivity contribution in [3.05, 3.63) is 52.2 Å². The molecule has 6 heteroatoms. The third-order valence-corrected chi connectivity index (χ3v) is 3.33. The van der Waals surface area contributed by atoms with Gasteiger partial charge in [0, 0.05) is 50.7 Å². The fourth-order valence-electron chi connectivity index (χ4n) is 2.13. The van der Waals surface area contributed by atoms with Crippen LogP contribution in [-0.4, -0.2) is 31.2 Å². The van der Waals surface area contributed by atoms with Crippen molar-refractivity contribution in [2.24, 2.45) is 14.1 Å². The fourth-order valence-corrected chi connectivity index (χ4v) is 2.13. The normalized spacial score (nSPS) is 10.9. The highest BCUT2D eigenvalue weighted by atomic mass is 16.2. The summed E-state index contributed by atoms with van der Waals surface area (Å²) in [5.74, 6) is -0.0931. The predicted molar refractivity (Wildman–Crippen MR) is 79.9 cm³/mol. The van der Waals surface area contributed by atoms with Gasteiger partial charge in [-0.15, -0.1) is 0 Å². The molecule has 0 spiro atoms. The van der Waals surface area contributed by atoms with Gasteiger partial charge in [-0.1, -0.05) is 0 Å². The van der Waals surface area contributed by atoms with Crippen molar-refractivity contribution in [1.82, 2.24) is 19.2 Å². The summed E-state index contributed by atoms with van der Waals surface area (Å²) in [5.41, 5.74) is 1.36. The Morgan fingerprint density at radius 3 is 2.52 bits per heavy atom. The molecule has 112 valence electrons. The molecule has 1 amide bonds. The first-order valence-electron chi connectivity index (χ1n) is 6.83. The molecule has 0 aliphatic heterocycles. The van der Waals surface area contributed by atoms with Gasteiger partial charge in [0.05, 0.1) is 11.8 Å². The first-order valence-corrected chi connectivity index (χ1v) is 6.83. The molecule has 2 aromatic rings. The Bertz CT molecular complexity index is 700. The molecule has 0 aromatic carbocycles. The lowest BCUT2D eigenvalue weighted by Gasteiger charge is -2.26. The van der Waals surface area contributed by atoms with Crippen molar-refractivity contribution in [3.63, 3.8) is 0 Å². The van der Waals surface area contributed by atoms with E-state index in [1.165, 1.54) is 10.6 Å². The average Bonchev–Trinajstić information content (AvgIpc) is 2.83. The smallest absolute Gasteiger partial charge is 0.255 e. The summed E-state index contributed by atoms with van der Waals surface area (Å²) in [6, 6.07) is 3.04. The summed E-state index contributed by atoms with van der Waals surface area (Å²) in [6.07, 6.45) is 5.22. The van der Waals surface area contributed by atoms with E-state index in [-0.39, 0.29) is 17.5 Å². The van der Waals surface area contributed by atoms with E-state index in [1.54, 1.807) is 35.1 Å². The Kier molecular flexibility index (Phi) is 4.26. The molecule has 6 nitrogen and oxygen atoms in total. The second-order valence-electron chi connectivity index (χ2n) is 5.42. The Balaban J connectivity index is 2.26. The molecule has 0 atom stereocenters. The van der Waals surface area contributed by atoms with Crippen LogP contribution in [0.4, 0.5) is 0 Å². The molecule has 0 bridgehead atoms. The highest BCUT2D eigenvalue weighted by molar-refractivity contribution is 5.94. The van der Waals surface area contributed by atoms with Crippen molar-refractivity contribution in [2.75, 3.05) is 0 Å². The molecule has 0 N–H and O–H groups in total. The zero-order valence-corrected chi connectivity index (χ0v) is 12.8. The highest BCUT2D eigenvalue weighted by Crippen LogP contribution is 2.12. The zero-order chi connectivity index (χ0) is 15.6. The second-order valence-corrected chi connectivity index (χ2v) is 5.42. The lowest BCUT2D eigenvalue weighted by molar-refractivity contribution is 0.0689. The Morgan fingerprint density at radius 2 is 2.00 bits per heavy atom. The Labute approximate surface area is 123 Å². The number of hydrogen-bond donors (Lipinski definition) is 0. The van der Waals surface area contributed by atoms with Gasteiger partial charge in [0.15, 0.2) is 0 Å². The molecule has 21 heavy (non-hydrogen) atoms. The maximum absolute atomic E-state index is 12.6. The van der Waals surface area contributed by atoms with Crippen molar-refractivity contribution in [3.8, 4) is 0 Å². The number of carbonyl (C=O) groups is 1. The number of hydrogen-bond acceptors (Lipinski definition) is 3. The molecule has 0 saturated heterocycles. The summed E-state index contributed by atoms with van der Waals surface area (Å²) < 4.78 is 3.13. The van der Waals surface area contributed by atoms with Gasteiger partial charge in [0.1, 0.15) is 0 Å². The van der Waals surface area contributed by atoms with Crippen LogP contribution < -0.4 is 5.56 Å². The van der Waals surface area contributed by atoms with E-state index in [4.69, 9.17) is 0 Å². The van der Waals surface area contributed by atoms with Gasteiger partial charge in [-0.3, -0.25) is 14.3 Å². The van der Waals surface area contributed by atoms with Crippen molar-refractivity contribution in [2.45, 2.75) is 26.4 Å². The molecule has 0 saturated carbocycles. The number of nitrogens with zero attached hydrogens (tertiary/aromatic N) is 4. The average molecular weight is 288 g/mol. The van der Waals surface area contributed by atoms with Crippen LogP contribution in [0.5, 0.6) is 0 Å². The van der Waals surface area contributed by atoms with Gasteiger partial charge in [-0.2, -0.15) is 5.10 Å². The third-order valence-electron chi connectivity index (χ3n) is 3.33. The van der Waals surface area contributed by atoms with Crippen LogP contribution in [0, 0.1) is 0 Å². The maximum atomic E-state index is 12.6. The topological polar surface area (TPSA) is 60.1 Å². The van der Waals surface area contributed by atoms with Crippen LogP contribution in [0.3, 0.4) is 0 Å². The summed E-state index contributed by atoms with van der Waals surface area (Å²) in [5, 5.41) is 4.12. The van der Waals surface area contributed by atoms with Crippen LogP contribution in [0.2, 0.25) is 0 Å². The Morgan fingerprint density at radius 1 is 1.29 bits per heavy atom. The van der Waals surface area contributed by atoms with Crippen LogP contribution in [0.15, 0.2) is 35.5 Å². The van der Waals surface area contributed by atoms with E-state index in [2.05, 4.69) is 5.10 Å². The predicted octanol–water partition coefficient (Wildman–Crippen LogP) is 1.17. The first kappa shape index (κ1) is 15.0. The standard InChI is InChI=1S/C15H20N4O2/c1-11(2)19(9-12-7-16-18(4)8-12)15(21)13-5-6-14(20)17(3)10-13/h5-8,10-11H,9H2,1-4H3. The molecular weight excluding hydrogens is 268 g/mol. The lowest BCUT2D eigenvalue weighted by atomic mass is 10.2. The molecule has 0 aliphatic rings. The maximum Gasteiger partial charge on any atom is 0.255 e. The van der Waals surface area contributed by atoms with Crippen molar-refractivity contribution >= 4 is 5.91 Å². The quantitative estimate of drug-likeness (QED) is 0.848. The first-order chi connectivity index (χ1) is 9.88. The lowest BCUT2D eigenvalue weighted by Crippen LogP contribution is -2.37. The van der Waals surface area contributed by atoms with E-state index < -0.39 is 0 Å². The molecule has 0 fully saturated rings. The van der Waals surface area contributed by atoms with Crippen molar-refractivity contribution in [1.29, 1.82) is 0 Å². The number of aryl methyl sites for hydroxylation is 2. The van der Waals surface area contributed by atoms with Crippen molar-refractivity contribution < 1.29 is 4.79 Å². The van der Waals surface area contributed by atoms with E-state index >= 15 is 0 Å². The SMILES string of the molecule is CC(C)N(Cc1cnn(C)c1)C(=O)c1ccc(=O)n(C)c1. The molecule has 2 heterocycles. The van der Waals surface area contributed by atoms with Gasteiger partial charge in [0.25, 0.3) is 5.91 Å². The van der Waals surface area contributed by atoms with E-state index in [1.807, 2.05) is 27.1 Å². The fraction of sp³-hybridized carbons (Fsp3) is 0.400. The molecule has 2 aromatic heterocycles. The number of amides is 1. The summed E-state index contributed by atoms with van der Waals surface area (Å²) in [7, 11) is 3.48. The van der Waals surface area contributed by atoms with Gasteiger partial charge >= 0.3 is 0 Å². The summed E-state index contributed by atoms with van der Waals surface area (Å²) >= 11 is 0. The summed E-state index contributed by atoms with van der Waals surface area (Å²) in [4.78, 5) is 25.8. The number of rotatable bonds is 4. The highest BCUT2D eigenvalue weighted by Gasteiger charge is 2.20. The molecular formula is C15H20N4O2. The van der Waals surface area contributed by atoms with Gasteiger partial charge in [-0.05, 0) is 19.9 Å². The minimum Gasteiger partial charge on any atom is -0.332 e. The van der Waals surface area contributed by atoms with Crippen LogP contribution in [-0.2, 0) is 20.6 Å². The Hall–Kier alpha value is -2.37. The minimum atomic E-state index is -0.130. The van der Waals surface area contributed by atoms with Crippen LogP contribution in [0.25, 0.3) is 0 Å². The van der Waals surface area contributed by atoms with E-state index in [0.717, 1.165) is 5.56 Å². The van der Waals surface area contributed by atoms with Gasteiger partial charge in [0.2, 0.25) is 5.56 Å². The van der Waals surface area contributed by atoms with E-state index in [0.29, 0.717) is 12.1 Å². The molecule has 0 aliphatic carbocycles. The second kappa shape index (κ2) is 5.95. The molecule has 0 radical (unpaired) electrons. The zero-order valence-electron chi connectivity index (χ0n) is 12.8. The number of pyridine rings is 1. The summed E-state index contributed by atoms with van der Waals surface area (Å²) in [6.45, 7) is 4.43. The van der Waals surface area contributed by atoms with Crippen LogP contribution >= 0.6 is 0 Å². The minimum absolute atomic E-state index is 0.0509.